The molecule has 3 nitrogen and oxygen atoms in total. The zero-order valence-corrected chi connectivity index (χ0v) is 10.5. The van der Waals surface area contributed by atoms with Crippen molar-refractivity contribution in [3.05, 3.63) is 0 Å². The Bertz CT molecular complexity index is 195. The largest absolute Gasteiger partial charge is 0.355 e. The van der Waals surface area contributed by atoms with Crippen LogP contribution in [-0.2, 0) is 4.79 Å². The lowest BCUT2D eigenvalue weighted by molar-refractivity contribution is -0.120. The molecule has 0 heterocycles. The lowest BCUT2D eigenvalue weighted by atomic mass is 10.3. The molecule has 0 aromatic heterocycles. The summed E-state index contributed by atoms with van der Waals surface area (Å²) in [5, 5.41) is 6.78. The van der Waals surface area contributed by atoms with Crippen molar-refractivity contribution in [2.24, 2.45) is 5.92 Å². The third-order valence-corrected chi connectivity index (χ3v) is 3.74. The molecule has 88 valence electrons. The topological polar surface area (TPSA) is 41.1 Å². The molecule has 1 saturated carbocycles. The zero-order chi connectivity index (χ0) is 11.1. The molecule has 0 radical (unpaired) electrons. The summed E-state index contributed by atoms with van der Waals surface area (Å²) in [7, 11) is 0. The molecule has 1 aliphatic rings. The Hall–Kier alpha value is -0.220. The normalized spacial score (nSPS) is 17.5. The molecule has 0 aliphatic heterocycles. The summed E-state index contributed by atoms with van der Waals surface area (Å²) in [6.45, 7) is 4.48. The average Bonchev–Trinajstić information content (AvgIpc) is 3.04. The van der Waals surface area contributed by atoms with Crippen molar-refractivity contribution in [2.75, 3.05) is 25.9 Å². The average molecular weight is 230 g/mol. The molecule has 4 heteroatoms. The summed E-state index contributed by atoms with van der Waals surface area (Å²) in [5.41, 5.74) is 0. The number of hydrogen-bond acceptors (Lipinski definition) is 3. The highest BCUT2D eigenvalue weighted by Gasteiger charge is 2.21. The van der Waals surface area contributed by atoms with E-state index in [4.69, 9.17) is 0 Å². The van der Waals surface area contributed by atoms with E-state index in [2.05, 4.69) is 23.8 Å². The van der Waals surface area contributed by atoms with Crippen LogP contribution >= 0.6 is 11.8 Å². The molecule has 0 spiro atoms. The lowest BCUT2D eigenvalue weighted by Gasteiger charge is -2.09. The molecular formula is C11H22N2OS. The van der Waals surface area contributed by atoms with Crippen molar-refractivity contribution in [1.29, 1.82) is 0 Å². The molecule has 1 fully saturated rings. The van der Waals surface area contributed by atoms with Crippen molar-refractivity contribution in [2.45, 2.75) is 31.4 Å². The maximum absolute atomic E-state index is 11.3. The fourth-order valence-corrected chi connectivity index (χ4v) is 1.62. The van der Waals surface area contributed by atoms with E-state index >= 15 is 0 Å². The van der Waals surface area contributed by atoms with Gasteiger partial charge in [0.1, 0.15) is 0 Å². The van der Waals surface area contributed by atoms with E-state index in [1.807, 2.05) is 11.8 Å². The van der Waals surface area contributed by atoms with Gasteiger partial charge in [-0.05, 0) is 38.0 Å². The maximum Gasteiger partial charge on any atom is 0.233 e. The van der Waals surface area contributed by atoms with Crippen LogP contribution in [0.4, 0.5) is 0 Å². The van der Waals surface area contributed by atoms with Gasteiger partial charge in [0.25, 0.3) is 0 Å². The molecule has 1 unspecified atom stereocenters. The van der Waals surface area contributed by atoms with E-state index in [0.717, 1.165) is 25.4 Å². The molecule has 1 atom stereocenters. The number of nitrogens with one attached hydrogen (secondary N) is 2. The van der Waals surface area contributed by atoms with Crippen molar-refractivity contribution in [1.82, 2.24) is 10.6 Å². The van der Waals surface area contributed by atoms with Crippen molar-refractivity contribution in [3.63, 3.8) is 0 Å². The van der Waals surface area contributed by atoms with Gasteiger partial charge in [-0.3, -0.25) is 4.79 Å². The number of carbonyl (C=O) groups excluding carboxylic acids is 1. The van der Waals surface area contributed by atoms with E-state index in [1.54, 1.807) is 0 Å². The van der Waals surface area contributed by atoms with Gasteiger partial charge in [0.2, 0.25) is 5.91 Å². The van der Waals surface area contributed by atoms with Gasteiger partial charge in [0, 0.05) is 11.8 Å². The van der Waals surface area contributed by atoms with Gasteiger partial charge in [-0.15, -0.1) is 0 Å². The second kappa shape index (κ2) is 7.12. The molecule has 1 amide bonds. The maximum atomic E-state index is 11.3. The smallest absolute Gasteiger partial charge is 0.233 e. The highest BCUT2D eigenvalue weighted by molar-refractivity contribution is 7.99. The van der Waals surface area contributed by atoms with Gasteiger partial charge < -0.3 is 10.6 Å². The van der Waals surface area contributed by atoms with Gasteiger partial charge in [0.05, 0.1) is 6.54 Å². The Morgan fingerprint density at radius 1 is 1.53 bits per heavy atom. The van der Waals surface area contributed by atoms with Crippen LogP contribution in [-0.4, -0.2) is 37.0 Å². The van der Waals surface area contributed by atoms with E-state index in [-0.39, 0.29) is 5.91 Å². The summed E-state index contributed by atoms with van der Waals surface area (Å²) >= 11 is 1.87. The van der Waals surface area contributed by atoms with Gasteiger partial charge in [-0.25, -0.2) is 0 Å². The number of amides is 1. The fraction of sp³-hybridized carbons (Fsp3) is 0.909. The van der Waals surface area contributed by atoms with Crippen molar-refractivity contribution in [3.8, 4) is 0 Å². The molecule has 15 heavy (non-hydrogen) atoms. The highest BCUT2D eigenvalue weighted by Crippen LogP contribution is 2.27. The standard InChI is InChI=1S/C11H22N2OS/c1-9(15-2)5-6-12-8-11(14)13-7-10-3-4-10/h9-10,12H,3-8H2,1-2H3,(H,13,14). The lowest BCUT2D eigenvalue weighted by Crippen LogP contribution is -2.35. The Morgan fingerprint density at radius 2 is 2.27 bits per heavy atom. The molecule has 0 aromatic rings. The minimum absolute atomic E-state index is 0.138. The molecule has 1 aliphatic carbocycles. The van der Waals surface area contributed by atoms with Crippen LogP contribution in [0.3, 0.4) is 0 Å². The quantitative estimate of drug-likeness (QED) is 0.617. The minimum atomic E-state index is 0.138. The SMILES string of the molecule is CSC(C)CCNCC(=O)NCC1CC1. The molecule has 0 bridgehead atoms. The third-order valence-electron chi connectivity index (χ3n) is 2.70. The monoisotopic (exact) mass is 230 g/mol. The van der Waals surface area contributed by atoms with Gasteiger partial charge in [-0.2, -0.15) is 11.8 Å². The summed E-state index contributed by atoms with van der Waals surface area (Å²) in [6.07, 6.45) is 5.82. The van der Waals surface area contributed by atoms with Crippen LogP contribution < -0.4 is 10.6 Å². The summed E-state index contributed by atoms with van der Waals surface area (Å²) in [5.74, 6) is 0.907. The fourth-order valence-electron chi connectivity index (χ4n) is 1.27. The Kier molecular flexibility index (Phi) is 6.10. The number of carbonyl (C=O) groups is 1. The van der Waals surface area contributed by atoms with Crippen LogP contribution in [0.2, 0.25) is 0 Å². The predicted octanol–water partition coefficient (Wildman–Crippen LogP) is 1.24. The number of hydrogen-bond donors (Lipinski definition) is 2. The first-order chi connectivity index (χ1) is 7.22. The first-order valence-corrected chi connectivity index (χ1v) is 7.01. The second-order valence-electron chi connectivity index (χ2n) is 4.26. The van der Waals surface area contributed by atoms with Crippen LogP contribution in [0.15, 0.2) is 0 Å². The van der Waals surface area contributed by atoms with E-state index in [0.29, 0.717) is 11.8 Å². The zero-order valence-electron chi connectivity index (χ0n) is 9.71. The van der Waals surface area contributed by atoms with Crippen LogP contribution in [0.5, 0.6) is 0 Å². The Morgan fingerprint density at radius 3 is 2.87 bits per heavy atom. The van der Waals surface area contributed by atoms with E-state index < -0.39 is 0 Å². The number of rotatable bonds is 8. The number of thioether (sulfide) groups is 1. The summed E-state index contributed by atoms with van der Waals surface area (Å²) < 4.78 is 0. The minimum Gasteiger partial charge on any atom is -0.355 e. The predicted molar refractivity (Wildman–Crippen MR) is 66.2 cm³/mol. The van der Waals surface area contributed by atoms with Gasteiger partial charge in [0.15, 0.2) is 0 Å². The Balaban J connectivity index is 1.87. The molecule has 2 N–H and O–H groups in total. The summed E-state index contributed by atoms with van der Waals surface area (Å²) in [4.78, 5) is 11.3. The second-order valence-corrected chi connectivity index (χ2v) is 5.54. The first kappa shape index (κ1) is 12.8. The van der Waals surface area contributed by atoms with Gasteiger partial charge >= 0.3 is 0 Å². The molecular weight excluding hydrogens is 208 g/mol. The molecule has 0 saturated heterocycles. The highest BCUT2D eigenvalue weighted by atomic mass is 32.2. The van der Waals surface area contributed by atoms with Crippen molar-refractivity contribution < 1.29 is 4.79 Å². The third kappa shape index (κ3) is 6.79. The summed E-state index contributed by atoms with van der Waals surface area (Å²) in [6, 6.07) is 0. The van der Waals surface area contributed by atoms with Crippen LogP contribution in [0, 0.1) is 5.92 Å². The van der Waals surface area contributed by atoms with Crippen LogP contribution in [0.1, 0.15) is 26.2 Å². The van der Waals surface area contributed by atoms with Gasteiger partial charge in [-0.1, -0.05) is 6.92 Å². The molecule has 1 rings (SSSR count). The van der Waals surface area contributed by atoms with Crippen molar-refractivity contribution >= 4 is 17.7 Å². The van der Waals surface area contributed by atoms with Crippen LogP contribution in [0.25, 0.3) is 0 Å². The Labute approximate surface area is 96.8 Å². The molecule has 0 aromatic carbocycles. The van der Waals surface area contributed by atoms with E-state index in [1.165, 1.54) is 12.8 Å². The van der Waals surface area contributed by atoms with E-state index in [9.17, 15) is 4.79 Å². The first-order valence-electron chi connectivity index (χ1n) is 5.72.